The lowest BCUT2D eigenvalue weighted by atomic mass is 10.2. The Hall–Kier alpha value is -3.65. The van der Waals surface area contributed by atoms with Crippen molar-refractivity contribution in [1.29, 1.82) is 0 Å². The lowest BCUT2D eigenvalue weighted by molar-refractivity contribution is -0.116. The summed E-state index contributed by atoms with van der Waals surface area (Å²) in [5.74, 6) is 0.0979. The second-order valence-electron chi connectivity index (χ2n) is 8.90. The summed E-state index contributed by atoms with van der Waals surface area (Å²) < 4.78 is 1.86. The van der Waals surface area contributed by atoms with Crippen LogP contribution in [0, 0.1) is 6.92 Å². The van der Waals surface area contributed by atoms with Crippen LogP contribution in [0.4, 0.5) is 10.7 Å². The number of imidazole rings is 1. The molecule has 0 atom stereocenters. The van der Waals surface area contributed by atoms with Gasteiger partial charge in [0.1, 0.15) is 6.54 Å². The first-order valence-corrected chi connectivity index (χ1v) is 11.4. The van der Waals surface area contributed by atoms with Crippen molar-refractivity contribution in [1.82, 2.24) is 24.7 Å². The highest BCUT2D eigenvalue weighted by molar-refractivity contribution is 5.93. The molecular weight excluding hydrogens is 428 g/mol. The van der Waals surface area contributed by atoms with Gasteiger partial charge in [-0.25, -0.2) is 9.78 Å². The number of hydrogen-bond acceptors (Lipinski definition) is 4. The molecular formula is C26H34N6O2. The van der Waals surface area contributed by atoms with Crippen LogP contribution in [0.3, 0.4) is 0 Å². The van der Waals surface area contributed by atoms with E-state index in [1.165, 1.54) is 4.90 Å². The van der Waals surface area contributed by atoms with E-state index in [-0.39, 0.29) is 24.5 Å². The maximum atomic E-state index is 13.0. The fourth-order valence-electron chi connectivity index (χ4n) is 3.37. The van der Waals surface area contributed by atoms with Gasteiger partial charge in [-0.3, -0.25) is 14.7 Å². The monoisotopic (exact) mass is 462 g/mol. The fourth-order valence-corrected chi connectivity index (χ4v) is 3.37. The summed E-state index contributed by atoms with van der Waals surface area (Å²) in [6.07, 6.45) is 1.91. The SMILES string of the molecule is Cc1ccc(-n2cc(-c3ccccc3)nc2NC(=O)CN(CCN(C)C)C(=O)NC(C)C)cc1. The van der Waals surface area contributed by atoms with Gasteiger partial charge in [0, 0.05) is 36.6 Å². The molecule has 3 amide bonds. The zero-order chi connectivity index (χ0) is 24.7. The Labute approximate surface area is 201 Å². The van der Waals surface area contributed by atoms with Crippen LogP contribution in [-0.4, -0.2) is 71.1 Å². The van der Waals surface area contributed by atoms with E-state index in [1.54, 1.807) is 0 Å². The third-order valence-electron chi connectivity index (χ3n) is 5.19. The Morgan fingerprint density at radius 1 is 1.00 bits per heavy atom. The van der Waals surface area contributed by atoms with E-state index in [1.807, 2.05) is 105 Å². The highest BCUT2D eigenvalue weighted by Gasteiger charge is 2.20. The van der Waals surface area contributed by atoms with Crippen molar-refractivity contribution >= 4 is 17.9 Å². The molecule has 180 valence electrons. The lowest BCUT2D eigenvalue weighted by Crippen LogP contribution is -2.48. The van der Waals surface area contributed by atoms with Crippen molar-refractivity contribution in [3.8, 4) is 16.9 Å². The van der Waals surface area contributed by atoms with Crippen molar-refractivity contribution in [2.75, 3.05) is 39.0 Å². The Bertz CT molecular complexity index is 1090. The molecule has 3 rings (SSSR count). The molecule has 8 heteroatoms. The summed E-state index contributed by atoms with van der Waals surface area (Å²) in [7, 11) is 3.87. The fraction of sp³-hybridized carbons (Fsp3) is 0.346. The average molecular weight is 463 g/mol. The predicted octanol–water partition coefficient (Wildman–Crippen LogP) is 3.77. The molecule has 0 saturated heterocycles. The molecule has 0 aliphatic heterocycles. The summed E-state index contributed by atoms with van der Waals surface area (Å²) in [5.41, 5.74) is 3.73. The zero-order valence-electron chi connectivity index (χ0n) is 20.6. The molecule has 34 heavy (non-hydrogen) atoms. The standard InChI is InChI=1S/C26H34N6O2/c1-19(2)27-26(34)31(16-15-30(4)5)18-24(33)29-25-28-23(21-9-7-6-8-10-21)17-32(25)22-13-11-20(3)12-14-22/h6-14,17,19H,15-16,18H2,1-5H3,(H,27,34)(H,28,29,33). The highest BCUT2D eigenvalue weighted by Crippen LogP contribution is 2.24. The number of anilines is 1. The predicted molar refractivity (Wildman–Crippen MR) is 136 cm³/mol. The Morgan fingerprint density at radius 3 is 2.29 bits per heavy atom. The van der Waals surface area contributed by atoms with E-state index in [0.29, 0.717) is 19.0 Å². The van der Waals surface area contributed by atoms with Crippen molar-refractivity contribution < 1.29 is 9.59 Å². The quantitative estimate of drug-likeness (QED) is 0.507. The summed E-state index contributed by atoms with van der Waals surface area (Å²) >= 11 is 0. The van der Waals surface area contributed by atoms with Gasteiger partial charge in [0.2, 0.25) is 11.9 Å². The third-order valence-corrected chi connectivity index (χ3v) is 5.19. The van der Waals surface area contributed by atoms with E-state index < -0.39 is 0 Å². The van der Waals surface area contributed by atoms with Crippen LogP contribution in [0.2, 0.25) is 0 Å². The topological polar surface area (TPSA) is 82.5 Å². The van der Waals surface area contributed by atoms with Gasteiger partial charge in [0.05, 0.1) is 5.69 Å². The van der Waals surface area contributed by atoms with Gasteiger partial charge in [-0.05, 0) is 47.0 Å². The number of aryl methyl sites for hydroxylation is 1. The van der Waals surface area contributed by atoms with Gasteiger partial charge in [-0.2, -0.15) is 0 Å². The van der Waals surface area contributed by atoms with Gasteiger partial charge in [-0.15, -0.1) is 0 Å². The van der Waals surface area contributed by atoms with E-state index in [0.717, 1.165) is 22.5 Å². The normalized spacial score (nSPS) is 11.0. The Kier molecular flexibility index (Phi) is 8.43. The van der Waals surface area contributed by atoms with E-state index in [2.05, 4.69) is 10.6 Å². The average Bonchev–Trinajstić information content (AvgIpc) is 3.20. The first-order chi connectivity index (χ1) is 16.2. The molecule has 0 radical (unpaired) electrons. The van der Waals surface area contributed by atoms with Crippen LogP contribution < -0.4 is 10.6 Å². The van der Waals surface area contributed by atoms with Crippen LogP contribution in [0.25, 0.3) is 16.9 Å². The number of likely N-dealkylation sites (N-methyl/N-ethyl adjacent to an activating group) is 1. The van der Waals surface area contributed by atoms with Crippen molar-refractivity contribution in [2.24, 2.45) is 0 Å². The number of nitrogens with one attached hydrogen (secondary N) is 2. The minimum atomic E-state index is -0.309. The van der Waals surface area contributed by atoms with Crippen LogP contribution in [0.1, 0.15) is 19.4 Å². The Balaban J connectivity index is 1.85. The van der Waals surface area contributed by atoms with Crippen LogP contribution in [0.15, 0.2) is 60.8 Å². The summed E-state index contributed by atoms with van der Waals surface area (Å²) in [6, 6.07) is 17.5. The van der Waals surface area contributed by atoms with Crippen molar-refractivity contribution in [3.63, 3.8) is 0 Å². The minimum absolute atomic E-state index is 0.0220. The number of carbonyl (C=O) groups excluding carboxylic acids is 2. The molecule has 2 aromatic carbocycles. The van der Waals surface area contributed by atoms with E-state index in [4.69, 9.17) is 4.98 Å². The van der Waals surface area contributed by atoms with E-state index >= 15 is 0 Å². The van der Waals surface area contributed by atoms with Crippen molar-refractivity contribution in [3.05, 3.63) is 66.4 Å². The lowest BCUT2D eigenvalue weighted by Gasteiger charge is -2.25. The number of hydrogen-bond donors (Lipinski definition) is 2. The molecule has 0 fully saturated rings. The summed E-state index contributed by atoms with van der Waals surface area (Å²) in [6.45, 7) is 6.82. The molecule has 0 spiro atoms. The van der Waals surface area contributed by atoms with Crippen LogP contribution in [-0.2, 0) is 4.79 Å². The van der Waals surface area contributed by atoms with E-state index in [9.17, 15) is 9.59 Å². The molecule has 1 aromatic heterocycles. The first-order valence-electron chi connectivity index (χ1n) is 11.4. The summed E-state index contributed by atoms with van der Waals surface area (Å²) in [5, 5.41) is 5.79. The molecule has 0 bridgehead atoms. The maximum Gasteiger partial charge on any atom is 0.318 e. The maximum absolute atomic E-state index is 13.0. The van der Waals surface area contributed by atoms with Crippen molar-refractivity contribution in [2.45, 2.75) is 26.8 Å². The van der Waals surface area contributed by atoms with Gasteiger partial charge in [0.25, 0.3) is 0 Å². The molecule has 8 nitrogen and oxygen atoms in total. The molecule has 2 N–H and O–H groups in total. The molecule has 0 aliphatic carbocycles. The van der Waals surface area contributed by atoms with Gasteiger partial charge >= 0.3 is 6.03 Å². The first kappa shape index (κ1) is 25.0. The smallest absolute Gasteiger partial charge is 0.318 e. The van der Waals surface area contributed by atoms with Crippen LogP contribution in [0.5, 0.6) is 0 Å². The molecule has 0 unspecified atom stereocenters. The second kappa shape index (κ2) is 11.5. The van der Waals surface area contributed by atoms with Gasteiger partial charge < -0.3 is 15.1 Å². The number of urea groups is 1. The largest absolute Gasteiger partial charge is 0.336 e. The number of nitrogens with zero attached hydrogens (tertiary/aromatic N) is 4. The zero-order valence-corrected chi connectivity index (χ0v) is 20.6. The number of benzene rings is 2. The molecule has 0 saturated carbocycles. The van der Waals surface area contributed by atoms with Gasteiger partial charge in [0.15, 0.2) is 0 Å². The molecule has 3 aromatic rings. The minimum Gasteiger partial charge on any atom is -0.336 e. The third kappa shape index (κ3) is 6.92. The summed E-state index contributed by atoms with van der Waals surface area (Å²) in [4.78, 5) is 33.9. The molecule has 0 aliphatic rings. The number of amides is 3. The number of aromatic nitrogens is 2. The molecule has 1 heterocycles. The van der Waals surface area contributed by atoms with Crippen LogP contribution >= 0.6 is 0 Å². The second-order valence-corrected chi connectivity index (χ2v) is 8.90. The highest BCUT2D eigenvalue weighted by atomic mass is 16.2. The van der Waals surface area contributed by atoms with Gasteiger partial charge in [-0.1, -0.05) is 48.0 Å². The number of rotatable bonds is 9. The number of carbonyl (C=O) groups is 2. The Morgan fingerprint density at radius 2 is 1.68 bits per heavy atom.